The van der Waals surface area contributed by atoms with Crippen molar-refractivity contribution in [1.29, 1.82) is 0 Å². The molecule has 0 aliphatic carbocycles. The van der Waals surface area contributed by atoms with E-state index in [0.717, 1.165) is 10.8 Å². The van der Waals surface area contributed by atoms with Gasteiger partial charge in [0.2, 0.25) is 5.91 Å². The lowest BCUT2D eigenvalue weighted by Crippen LogP contribution is -2.51. The van der Waals surface area contributed by atoms with E-state index in [1.807, 2.05) is 36.4 Å². The van der Waals surface area contributed by atoms with Crippen molar-refractivity contribution in [2.24, 2.45) is 0 Å². The summed E-state index contributed by atoms with van der Waals surface area (Å²) >= 11 is 4.91. The standard InChI is InChI=1S/C19H21N3O5S/c1-12(27-15-8-7-13-5-3-4-6-14(13)11-15)18(25)21-22-19(28)20-16(23)9-10-17(24)26-2/h3-8,11-12H,9-10H2,1-2H3,(H,21,25)(H2,20,22,23,28)/t12-/m0/s1. The summed E-state index contributed by atoms with van der Waals surface area (Å²) in [7, 11) is 1.24. The Labute approximate surface area is 167 Å². The summed E-state index contributed by atoms with van der Waals surface area (Å²) in [5.41, 5.74) is 4.77. The second-order valence-electron chi connectivity index (χ2n) is 5.84. The van der Waals surface area contributed by atoms with Crippen LogP contribution in [0.15, 0.2) is 42.5 Å². The van der Waals surface area contributed by atoms with E-state index >= 15 is 0 Å². The molecule has 0 bridgehead atoms. The maximum atomic E-state index is 12.1. The van der Waals surface area contributed by atoms with Crippen LogP contribution in [0.5, 0.6) is 5.75 Å². The van der Waals surface area contributed by atoms with Gasteiger partial charge >= 0.3 is 5.97 Å². The monoisotopic (exact) mass is 403 g/mol. The number of esters is 1. The fraction of sp³-hybridized carbons (Fsp3) is 0.263. The molecular weight excluding hydrogens is 382 g/mol. The quantitative estimate of drug-likeness (QED) is 0.382. The van der Waals surface area contributed by atoms with Gasteiger partial charge in [0.15, 0.2) is 11.2 Å². The zero-order chi connectivity index (χ0) is 20.5. The highest BCUT2D eigenvalue weighted by Gasteiger charge is 2.15. The molecule has 3 N–H and O–H groups in total. The molecule has 2 amide bonds. The van der Waals surface area contributed by atoms with Gasteiger partial charge in [0, 0.05) is 6.42 Å². The molecule has 0 radical (unpaired) electrons. The molecule has 0 aromatic heterocycles. The number of carbonyl (C=O) groups is 3. The summed E-state index contributed by atoms with van der Waals surface area (Å²) in [6.45, 7) is 1.59. The van der Waals surface area contributed by atoms with Gasteiger partial charge in [-0.25, -0.2) is 0 Å². The van der Waals surface area contributed by atoms with Gasteiger partial charge in [-0.05, 0) is 42.0 Å². The maximum Gasteiger partial charge on any atom is 0.306 e. The van der Waals surface area contributed by atoms with Crippen molar-refractivity contribution in [3.63, 3.8) is 0 Å². The third-order valence-electron chi connectivity index (χ3n) is 3.74. The molecule has 0 aliphatic rings. The first-order valence-electron chi connectivity index (χ1n) is 8.51. The minimum Gasteiger partial charge on any atom is -0.481 e. The molecule has 2 rings (SSSR count). The molecule has 8 nitrogen and oxygen atoms in total. The number of ether oxygens (including phenoxy) is 2. The highest BCUT2D eigenvalue weighted by Crippen LogP contribution is 2.21. The Morgan fingerprint density at radius 1 is 1.04 bits per heavy atom. The molecule has 0 fully saturated rings. The SMILES string of the molecule is COC(=O)CCC(=O)NC(=S)NNC(=O)[C@H](C)Oc1ccc2ccccc2c1. The molecule has 0 saturated carbocycles. The molecular formula is C19H21N3O5S. The second-order valence-corrected chi connectivity index (χ2v) is 6.24. The van der Waals surface area contributed by atoms with Gasteiger partial charge in [-0.2, -0.15) is 0 Å². The van der Waals surface area contributed by atoms with Gasteiger partial charge in [-0.1, -0.05) is 30.3 Å². The number of amides is 2. The minimum absolute atomic E-state index is 0.0616. The lowest BCUT2D eigenvalue weighted by Gasteiger charge is -2.16. The molecule has 28 heavy (non-hydrogen) atoms. The van der Waals surface area contributed by atoms with Crippen LogP contribution in [0.25, 0.3) is 10.8 Å². The first-order chi connectivity index (χ1) is 13.4. The van der Waals surface area contributed by atoms with Crippen molar-refractivity contribution in [2.45, 2.75) is 25.9 Å². The largest absolute Gasteiger partial charge is 0.481 e. The summed E-state index contributed by atoms with van der Waals surface area (Å²) in [5.74, 6) is -0.890. The van der Waals surface area contributed by atoms with E-state index in [-0.39, 0.29) is 18.0 Å². The Hall–Kier alpha value is -3.20. The van der Waals surface area contributed by atoms with Crippen molar-refractivity contribution in [3.05, 3.63) is 42.5 Å². The molecule has 0 saturated heterocycles. The van der Waals surface area contributed by atoms with E-state index in [1.54, 1.807) is 13.0 Å². The third kappa shape index (κ3) is 6.51. The highest BCUT2D eigenvalue weighted by atomic mass is 32.1. The molecule has 0 spiro atoms. The van der Waals surface area contributed by atoms with Gasteiger partial charge in [-0.15, -0.1) is 0 Å². The van der Waals surface area contributed by atoms with Crippen molar-refractivity contribution >= 4 is 45.9 Å². The molecule has 148 valence electrons. The van der Waals surface area contributed by atoms with Crippen LogP contribution in [0.3, 0.4) is 0 Å². The second kappa shape index (κ2) is 10.2. The summed E-state index contributed by atoms with van der Waals surface area (Å²) in [4.78, 5) is 34.7. The van der Waals surface area contributed by atoms with Crippen molar-refractivity contribution in [2.75, 3.05) is 7.11 Å². The van der Waals surface area contributed by atoms with E-state index in [1.165, 1.54) is 7.11 Å². The van der Waals surface area contributed by atoms with E-state index in [9.17, 15) is 14.4 Å². The third-order valence-corrected chi connectivity index (χ3v) is 3.94. The average molecular weight is 403 g/mol. The van der Waals surface area contributed by atoms with Crippen LogP contribution in [-0.2, 0) is 19.1 Å². The normalized spacial score (nSPS) is 11.2. The van der Waals surface area contributed by atoms with Crippen LogP contribution in [-0.4, -0.2) is 36.1 Å². The van der Waals surface area contributed by atoms with E-state index in [4.69, 9.17) is 17.0 Å². The number of hydrazine groups is 1. The fourth-order valence-corrected chi connectivity index (χ4v) is 2.42. The molecule has 1 atom stereocenters. The van der Waals surface area contributed by atoms with Crippen LogP contribution in [0.1, 0.15) is 19.8 Å². The molecule has 0 aliphatic heterocycles. The van der Waals surface area contributed by atoms with Crippen molar-refractivity contribution in [1.82, 2.24) is 16.2 Å². The Balaban J connectivity index is 1.77. The predicted octanol–water partition coefficient (Wildman–Crippen LogP) is 1.58. The van der Waals surface area contributed by atoms with Gasteiger partial charge in [0.25, 0.3) is 5.91 Å². The van der Waals surface area contributed by atoms with E-state index < -0.39 is 23.9 Å². The zero-order valence-corrected chi connectivity index (χ0v) is 16.3. The number of fused-ring (bicyclic) bond motifs is 1. The van der Waals surface area contributed by atoms with Crippen LogP contribution >= 0.6 is 12.2 Å². The Bertz CT molecular complexity index is 887. The Kier molecular flexibility index (Phi) is 7.70. The number of thiocarbonyl (C=S) groups is 1. The topological polar surface area (TPSA) is 106 Å². The van der Waals surface area contributed by atoms with Crippen LogP contribution in [0, 0.1) is 0 Å². The average Bonchev–Trinajstić information content (AvgIpc) is 2.69. The molecule has 2 aromatic carbocycles. The molecule has 0 heterocycles. The summed E-state index contributed by atoms with van der Waals surface area (Å²) in [6.07, 6.45) is -0.941. The molecule has 9 heteroatoms. The minimum atomic E-state index is -0.800. The van der Waals surface area contributed by atoms with Crippen LogP contribution < -0.4 is 20.9 Å². The van der Waals surface area contributed by atoms with Gasteiger partial charge < -0.3 is 14.8 Å². The number of benzene rings is 2. The molecule has 2 aromatic rings. The van der Waals surface area contributed by atoms with Crippen molar-refractivity contribution < 1.29 is 23.9 Å². The number of rotatable bonds is 6. The lowest BCUT2D eigenvalue weighted by molar-refractivity contribution is -0.142. The smallest absolute Gasteiger partial charge is 0.306 e. The van der Waals surface area contributed by atoms with Gasteiger partial charge in [0.05, 0.1) is 13.5 Å². The Morgan fingerprint density at radius 3 is 2.46 bits per heavy atom. The van der Waals surface area contributed by atoms with E-state index in [0.29, 0.717) is 5.75 Å². The number of methoxy groups -OCH3 is 1. The lowest BCUT2D eigenvalue weighted by atomic mass is 10.1. The van der Waals surface area contributed by atoms with Gasteiger partial charge in [0.1, 0.15) is 5.75 Å². The van der Waals surface area contributed by atoms with Crippen molar-refractivity contribution in [3.8, 4) is 5.75 Å². The van der Waals surface area contributed by atoms with E-state index in [2.05, 4.69) is 20.9 Å². The summed E-state index contributed by atoms with van der Waals surface area (Å²) < 4.78 is 10.1. The van der Waals surface area contributed by atoms with Crippen LogP contribution in [0.4, 0.5) is 0 Å². The Morgan fingerprint density at radius 2 is 1.75 bits per heavy atom. The number of hydrogen-bond acceptors (Lipinski definition) is 6. The zero-order valence-electron chi connectivity index (χ0n) is 15.5. The van der Waals surface area contributed by atoms with Gasteiger partial charge in [-0.3, -0.25) is 25.2 Å². The number of hydrogen-bond donors (Lipinski definition) is 3. The maximum absolute atomic E-state index is 12.1. The predicted molar refractivity (Wildman–Crippen MR) is 107 cm³/mol. The first-order valence-corrected chi connectivity index (χ1v) is 8.92. The summed E-state index contributed by atoms with van der Waals surface area (Å²) in [5, 5.41) is 4.32. The summed E-state index contributed by atoms with van der Waals surface area (Å²) in [6, 6.07) is 13.3. The molecule has 0 unspecified atom stereocenters. The number of nitrogens with one attached hydrogen (secondary N) is 3. The highest BCUT2D eigenvalue weighted by molar-refractivity contribution is 7.80. The fourth-order valence-electron chi connectivity index (χ4n) is 2.26. The first kappa shape index (κ1) is 21.1. The van der Waals surface area contributed by atoms with Crippen LogP contribution in [0.2, 0.25) is 0 Å². The number of carbonyl (C=O) groups excluding carboxylic acids is 3.